The Hall–Kier alpha value is -2.35. The smallest absolute Gasteiger partial charge is 0.274 e. The second-order valence-corrected chi connectivity index (χ2v) is 7.55. The van der Waals surface area contributed by atoms with Gasteiger partial charge < -0.3 is 9.47 Å². The number of hydrogen-bond acceptors (Lipinski definition) is 6. The quantitative estimate of drug-likeness (QED) is 0.815. The summed E-state index contributed by atoms with van der Waals surface area (Å²) in [6.07, 6.45) is 10.5. The number of rotatable bonds is 4. The third kappa shape index (κ3) is 4.00. The molecule has 2 aromatic rings. The molecule has 2 aromatic heterocycles. The standard InChI is InChI=1S/C19H27N7O/c1-24-17(14-25-9-3-2-4-10-25)22-23-18(24)15-6-5-11-26(13-15)19(27)16-12-20-7-8-21-16/h7-8,12,15H,2-6,9-11,13-14H2,1H3/t15-/m0/s1. The number of hydrogen-bond donors (Lipinski definition) is 0. The maximum absolute atomic E-state index is 12.7. The summed E-state index contributed by atoms with van der Waals surface area (Å²) in [5.41, 5.74) is 0.405. The van der Waals surface area contributed by atoms with Crippen LogP contribution >= 0.6 is 0 Å². The van der Waals surface area contributed by atoms with E-state index in [1.807, 2.05) is 4.90 Å². The van der Waals surface area contributed by atoms with E-state index in [4.69, 9.17) is 0 Å². The van der Waals surface area contributed by atoms with Crippen LogP contribution < -0.4 is 0 Å². The zero-order chi connectivity index (χ0) is 18.6. The predicted octanol–water partition coefficient (Wildman–Crippen LogP) is 1.61. The van der Waals surface area contributed by atoms with E-state index in [9.17, 15) is 4.79 Å². The monoisotopic (exact) mass is 369 g/mol. The van der Waals surface area contributed by atoms with E-state index in [-0.39, 0.29) is 11.8 Å². The molecule has 0 unspecified atom stereocenters. The molecule has 4 heterocycles. The summed E-state index contributed by atoms with van der Waals surface area (Å²) in [6, 6.07) is 0. The van der Waals surface area contributed by atoms with Crippen LogP contribution in [0, 0.1) is 0 Å². The Kier molecular flexibility index (Phi) is 5.42. The lowest BCUT2D eigenvalue weighted by atomic mass is 9.97. The van der Waals surface area contributed by atoms with E-state index in [0.717, 1.165) is 50.7 Å². The summed E-state index contributed by atoms with van der Waals surface area (Å²) in [6.45, 7) is 4.56. The number of piperidine rings is 2. The van der Waals surface area contributed by atoms with Crippen molar-refractivity contribution in [1.29, 1.82) is 0 Å². The molecule has 0 saturated carbocycles. The van der Waals surface area contributed by atoms with Crippen LogP contribution in [0.25, 0.3) is 0 Å². The van der Waals surface area contributed by atoms with E-state index in [2.05, 4.69) is 36.7 Å². The number of nitrogens with zero attached hydrogens (tertiary/aromatic N) is 7. The molecule has 0 aromatic carbocycles. The van der Waals surface area contributed by atoms with E-state index < -0.39 is 0 Å². The van der Waals surface area contributed by atoms with Gasteiger partial charge in [0.05, 0.1) is 12.7 Å². The molecule has 27 heavy (non-hydrogen) atoms. The molecule has 2 aliphatic heterocycles. The Labute approximate surface area is 159 Å². The zero-order valence-electron chi connectivity index (χ0n) is 15.9. The summed E-state index contributed by atoms with van der Waals surface area (Å²) in [5, 5.41) is 8.95. The van der Waals surface area contributed by atoms with Crippen LogP contribution in [0.4, 0.5) is 0 Å². The van der Waals surface area contributed by atoms with Gasteiger partial charge in [0.15, 0.2) is 0 Å². The molecule has 0 radical (unpaired) electrons. The van der Waals surface area contributed by atoms with Gasteiger partial charge >= 0.3 is 0 Å². The summed E-state index contributed by atoms with van der Waals surface area (Å²) in [7, 11) is 2.05. The third-order valence-electron chi connectivity index (χ3n) is 5.67. The average molecular weight is 369 g/mol. The molecule has 1 amide bonds. The van der Waals surface area contributed by atoms with E-state index in [1.54, 1.807) is 12.4 Å². The van der Waals surface area contributed by atoms with E-state index in [1.165, 1.54) is 25.5 Å². The number of carbonyl (C=O) groups is 1. The van der Waals surface area contributed by atoms with Crippen LogP contribution in [0.5, 0.6) is 0 Å². The van der Waals surface area contributed by atoms with Gasteiger partial charge in [0.1, 0.15) is 17.3 Å². The fraction of sp³-hybridized carbons (Fsp3) is 0.632. The first kappa shape index (κ1) is 18.0. The lowest BCUT2D eigenvalue weighted by Crippen LogP contribution is -2.40. The minimum Gasteiger partial charge on any atom is -0.337 e. The zero-order valence-corrected chi connectivity index (χ0v) is 15.9. The highest BCUT2D eigenvalue weighted by Crippen LogP contribution is 2.27. The Balaban J connectivity index is 1.44. The second-order valence-electron chi connectivity index (χ2n) is 7.55. The molecule has 1 atom stereocenters. The van der Waals surface area contributed by atoms with Gasteiger partial charge in [-0.3, -0.25) is 14.7 Å². The van der Waals surface area contributed by atoms with Crippen LogP contribution in [0.15, 0.2) is 18.6 Å². The molecule has 8 nitrogen and oxygen atoms in total. The van der Waals surface area contributed by atoms with Crippen molar-refractivity contribution in [3.63, 3.8) is 0 Å². The molecule has 144 valence electrons. The average Bonchev–Trinajstić information content (AvgIpc) is 3.09. The van der Waals surface area contributed by atoms with Gasteiger partial charge in [-0.1, -0.05) is 6.42 Å². The molecule has 0 aliphatic carbocycles. The molecule has 0 N–H and O–H groups in total. The van der Waals surface area contributed by atoms with Gasteiger partial charge in [-0.15, -0.1) is 10.2 Å². The molecule has 4 rings (SSSR count). The van der Waals surface area contributed by atoms with Crippen molar-refractivity contribution in [2.75, 3.05) is 26.2 Å². The minimum absolute atomic E-state index is 0.0523. The van der Waals surface area contributed by atoms with Crippen LogP contribution in [0.1, 0.15) is 60.2 Å². The molecule has 0 spiro atoms. The van der Waals surface area contributed by atoms with Gasteiger partial charge in [-0.25, -0.2) is 4.98 Å². The minimum atomic E-state index is -0.0523. The summed E-state index contributed by atoms with van der Waals surface area (Å²) < 4.78 is 2.13. The van der Waals surface area contributed by atoms with E-state index >= 15 is 0 Å². The number of likely N-dealkylation sites (tertiary alicyclic amines) is 2. The number of carbonyl (C=O) groups excluding carboxylic acids is 1. The summed E-state index contributed by atoms with van der Waals surface area (Å²) in [5.74, 6) is 2.17. The summed E-state index contributed by atoms with van der Waals surface area (Å²) in [4.78, 5) is 25.2. The highest BCUT2D eigenvalue weighted by molar-refractivity contribution is 5.92. The van der Waals surface area contributed by atoms with Crippen molar-refractivity contribution in [2.45, 2.75) is 44.6 Å². The largest absolute Gasteiger partial charge is 0.337 e. The lowest BCUT2D eigenvalue weighted by molar-refractivity contribution is 0.0697. The Morgan fingerprint density at radius 1 is 1.11 bits per heavy atom. The number of amides is 1. The van der Waals surface area contributed by atoms with Crippen molar-refractivity contribution in [3.8, 4) is 0 Å². The van der Waals surface area contributed by atoms with E-state index in [0.29, 0.717) is 12.2 Å². The maximum atomic E-state index is 12.7. The van der Waals surface area contributed by atoms with Crippen LogP contribution in [0.2, 0.25) is 0 Å². The Bertz CT molecular complexity index is 770. The fourth-order valence-electron chi connectivity index (χ4n) is 4.13. The van der Waals surface area contributed by atoms with Crippen molar-refractivity contribution in [3.05, 3.63) is 35.9 Å². The fourth-order valence-corrected chi connectivity index (χ4v) is 4.13. The van der Waals surface area contributed by atoms with Crippen molar-refractivity contribution < 1.29 is 4.79 Å². The van der Waals surface area contributed by atoms with Gasteiger partial charge in [0, 0.05) is 38.4 Å². The maximum Gasteiger partial charge on any atom is 0.274 e. The number of aromatic nitrogens is 5. The van der Waals surface area contributed by atoms with Crippen molar-refractivity contribution >= 4 is 5.91 Å². The first-order valence-electron chi connectivity index (χ1n) is 9.88. The Morgan fingerprint density at radius 3 is 2.74 bits per heavy atom. The molecular weight excluding hydrogens is 342 g/mol. The van der Waals surface area contributed by atoms with Crippen LogP contribution in [-0.4, -0.2) is 66.6 Å². The highest BCUT2D eigenvalue weighted by atomic mass is 16.2. The highest BCUT2D eigenvalue weighted by Gasteiger charge is 2.29. The second kappa shape index (κ2) is 8.12. The molecular formula is C19H27N7O. The lowest BCUT2D eigenvalue weighted by Gasteiger charge is -2.32. The molecule has 2 saturated heterocycles. The molecule has 2 aliphatic rings. The first-order valence-corrected chi connectivity index (χ1v) is 9.88. The Morgan fingerprint density at radius 2 is 1.96 bits per heavy atom. The van der Waals surface area contributed by atoms with Crippen LogP contribution in [-0.2, 0) is 13.6 Å². The normalized spacial score (nSPS) is 21.4. The SMILES string of the molecule is Cn1c(CN2CCCCC2)nnc1[C@H]1CCCN(C(=O)c2cnccn2)C1. The topological polar surface area (TPSA) is 80.0 Å². The predicted molar refractivity (Wildman–Crippen MR) is 100 cm³/mol. The first-order chi connectivity index (χ1) is 13.2. The molecule has 2 fully saturated rings. The van der Waals surface area contributed by atoms with Gasteiger partial charge in [0.25, 0.3) is 5.91 Å². The van der Waals surface area contributed by atoms with Crippen LogP contribution in [0.3, 0.4) is 0 Å². The van der Waals surface area contributed by atoms with Gasteiger partial charge in [-0.2, -0.15) is 0 Å². The molecule has 0 bridgehead atoms. The van der Waals surface area contributed by atoms with Gasteiger partial charge in [0.2, 0.25) is 0 Å². The van der Waals surface area contributed by atoms with Crippen molar-refractivity contribution in [1.82, 2.24) is 34.5 Å². The summed E-state index contributed by atoms with van der Waals surface area (Å²) >= 11 is 0. The van der Waals surface area contributed by atoms with Gasteiger partial charge in [-0.05, 0) is 38.8 Å². The third-order valence-corrected chi connectivity index (χ3v) is 5.67. The van der Waals surface area contributed by atoms with Crippen molar-refractivity contribution in [2.24, 2.45) is 7.05 Å². The molecule has 8 heteroatoms.